The highest BCUT2D eigenvalue weighted by atomic mass is 15.3. The van der Waals surface area contributed by atoms with E-state index in [0.717, 1.165) is 31.0 Å². The van der Waals surface area contributed by atoms with Crippen molar-refractivity contribution in [2.24, 2.45) is 0 Å². The highest BCUT2D eigenvalue weighted by Crippen LogP contribution is 2.17. The first-order chi connectivity index (χ1) is 8.08. The molecule has 1 aromatic rings. The van der Waals surface area contributed by atoms with E-state index in [-0.39, 0.29) is 0 Å². The van der Waals surface area contributed by atoms with Crippen LogP contribution in [0.4, 0.5) is 5.69 Å². The molecule has 1 aliphatic heterocycles. The molecule has 1 saturated heterocycles. The summed E-state index contributed by atoms with van der Waals surface area (Å²) in [5, 5.41) is 0. The Morgan fingerprint density at radius 2 is 2.00 bits per heavy atom. The number of likely N-dealkylation sites (N-methyl/N-ethyl adjacent to an activating group) is 1. The fourth-order valence-corrected chi connectivity index (χ4v) is 2.44. The van der Waals surface area contributed by atoms with Crippen molar-refractivity contribution in [1.29, 1.82) is 0 Å². The summed E-state index contributed by atoms with van der Waals surface area (Å²) in [5.74, 6) is 0. The van der Waals surface area contributed by atoms with Gasteiger partial charge in [-0.05, 0) is 33.0 Å². The molecule has 1 aliphatic rings. The number of aromatic nitrogens is 1. The molecule has 0 aromatic carbocycles. The van der Waals surface area contributed by atoms with Crippen LogP contribution in [-0.2, 0) is 6.54 Å². The molecule has 0 aliphatic carbocycles. The van der Waals surface area contributed by atoms with E-state index < -0.39 is 0 Å². The fourth-order valence-electron chi connectivity index (χ4n) is 2.44. The molecular weight excluding hydrogens is 212 g/mol. The Labute approximate surface area is 103 Å². The van der Waals surface area contributed by atoms with Crippen LogP contribution in [0.1, 0.15) is 19.5 Å². The van der Waals surface area contributed by atoms with Gasteiger partial charge in [0.2, 0.25) is 0 Å². The minimum atomic E-state index is 0.587. The van der Waals surface area contributed by atoms with E-state index in [0.29, 0.717) is 12.1 Å². The van der Waals surface area contributed by atoms with E-state index in [1.165, 1.54) is 0 Å². The number of nitrogen functional groups attached to an aromatic ring is 1. The molecule has 17 heavy (non-hydrogen) atoms. The second-order valence-electron chi connectivity index (χ2n) is 5.10. The zero-order chi connectivity index (χ0) is 12.4. The number of nitrogens with zero attached hydrogens (tertiary/aromatic N) is 3. The van der Waals surface area contributed by atoms with Crippen molar-refractivity contribution in [1.82, 2.24) is 14.8 Å². The van der Waals surface area contributed by atoms with Crippen molar-refractivity contribution >= 4 is 5.69 Å². The first kappa shape index (κ1) is 12.3. The Kier molecular flexibility index (Phi) is 3.64. The summed E-state index contributed by atoms with van der Waals surface area (Å²) >= 11 is 0. The van der Waals surface area contributed by atoms with Crippen LogP contribution in [0, 0.1) is 0 Å². The largest absolute Gasteiger partial charge is 0.397 e. The van der Waals surface area contributed by atoms with Crippen molar-refractivity contribution in [3.63, 3.8) is 0 Å². The van der Waals surface area contributed by atoms with Gasteiger partial charge in [0.05, 0.1) is 11.4 Å². The third-order valence-electron chi connectivity index (χ3n) is 3.73. The summed E-state index contributed by atoms with van der Waals surface area (Å²) in [6.07, 6.45) is 1.81. The maximum Gasteiger partial charge on any atom is 0.0772 e. The van der Waals surface area contributed by atoms with Crippen LogP contribution in [0.5, 0.6) is 0 Å². The van der Waals surface area contributed by atoms with Gasteiger partial charge in [-0.3, -0.25) is 14.8 Å². The maximum absolute atomic E-state index is 5.93. The van der Waals surface area contributed by atoms with E-state index in [1.807, 2.05) is 18.3 Å². The fraction of sp³-hybridized carbons (Fsp3) is 0.615. The smallest absolute Gasteiger partial charge is 0.0772 e. The topological polar surface area (TPSA) is 45.4 Å². The zero-order valence-electron chi connectivity index (χ0n) is 10.9. The SMILES string of the molecule is CC1CN(Cc2ncccc2N)CC(C)N1C. The lowest BCUT2D eigenvalue weighted by molar-refractivity contribution is 0.0550. The third kappa shape index (κ3) is 2.76. The van der Waals surface area contributed by atoms with Gasteiger partial charge in [-0.2, -0.15) is 0 Å². The predicted molar refractivity (Wildman–Crippen MR) is 70.6 cm³/mol. The van der Waals surface area contributed by atoms with Crippen LogP contribution in [0.3, 0.4) is 0 Å². The van der Waals surface area contributed by atoms with E-state index in [1.54, 1.807) is 0 Å². The molecule has 2 heterocycles. The van der Waals surface area contributed by atoms with Gasteiger partial charge in [-0.25, -0.2) is 0 Å². The Balaban J connectivity index is 2.03. The Hall–Kier alpha value is -1.13. The molecule has 0 saturated carbocycles. The predicted octanol–water partition coefficient (Wildman–Crippen LogP) is 1.19. The van der Waals surface area contributed by atoms with E-state index in [9.17, 15) is 0 Å². The molecule has 2 rings (SSSR count). The van der Waals surface area contributed by atoms with Crippen molar-refractivity contribution in [2.75, 3.05) is 25.9 Å². The summed E-state index contributed by atoms with van der Waals surface area (Å²) in [5.41, 5.74) is 7.73. The molecule has 2 N–H and O–H groups in total. The van der Waals surface area contributed by atoms with Crippen LogP contribution < -0.4 is 5.73 Å². The van der Waals surface area contributed by atoms with Gasteiger partial charge in [0, 0.05) is 37.9 Å². The molecule has 2 atom stereocenters. The standard InChI is InChI=1S/C13H22N4/c1-10-7-17(8-11(2)16(10)3)9-13-12(14)5-4-6-15-13/h4-6,10-11H,7-9,14H2,1-3H3. The highest BCUT2D eigenvalue weighted by molar-refractivity contribution is 5.41. The number of pyridine rings is 1. The molecule has 0 spiro atoms. The molecule has 4 heteroatoms. The van der Waals surface area contributed by atoms with Gasteiger partial charge in [0.25, 0.3) is 0 Å². The molecule has 4 nitrogen and oxygen atoms in total. The van der Waals surface area contributed by atoms with Crippen molar-refractivity contribution in [2.45, 2.75) is 32.5 Å². The Morgan fingerprint density at radius 3 is 2.59 bits per heavy atom. The lowest BCUT2D eigenvalue weighted by Gasteiger charge is -2.42. The summed E-state index contributed by atoms with van der Waals surface area (Å²) in [7, 11) is 2.20. The van der Waals surface area contributed by atoms with Crippen LogP contribution in [-0.4, -0.2) is 47.0 Å². The molecule has 0 amide bonds. The Bertz CT molecular complexity index is 367. The monoisotopic (exact) mass is 234 g/mol. The first-order valence-electron chi connectivity index (χ1n) is 6.21. The molecule has 1 fully saturated rings. The Morgan fingerprint density at radius 1 is 1.35 bits per heavy atom. The minimum Gasteiger partial charge on any atom is -0.397 e. The number of hydrogen-bond acceptors (Lipinski definition) is 4. The quantitative estimate of drug-likeness (QED) is 0.835. The van der Waals surface area contributed by atoms with E-state index in [2.05, 4.69) is 35.7 Å². The van der Waals surface area contributed by atoms with Gasteiger partial charge in [-0.1, -0.05) is 0 Å². The molecule has 1 aromatic heterocycles. The average Bonchev–Trinajstić information content (AvgIpc) is 2.29. The van der Waals surface area contributed by atoms with Gasteiger partial charge < -0.3 is 5.73 Å². The number of hydrogen-bond donors (Lipinski definition) is 1. The van der Waals surface area contributed by atoms with Crippen LogP contribution in [0.15, 0.2) is 18.3 Å². The summed E-state index contributed by atoms with van der Waals surface area (Å²) in [4.78, 5) is 9.23. The average molecular weight is 234 g/mol. The van der Waals surface area contributed by atoms with E-state index in [4.69, 9.17) is 5.73 Å². The molecule has 94 valence electrons. The second kappa shape index (κ2) is 5.02. The molecule has 2 unspecified atom stereocenters. The third-order valence-corrected chi connectivity index (χ3v) is 3.73. The number of rotatable bonds is 2. The number of nitrogens with two attached hydrogens (primary N) is 1. The minimum absolute atomic E-state index is 0.587. The molecular formula is C13H22N4. The van der Waals surface area contributed by atoms with Crippen molar-refractivity contribution in [3.05, 3.63) is 24.0 Å². The van der Waals surface area contributed by atoms with E-state index >= 15 is 0 Å². The normalized spacial score (nSPS) is 27.2. The van der Waals surface area contributed by atoms with Gasteiger partial charge in [0.1, 0.15) is 0 Å². The van der Waals surface area contributed by atoms with Crippen molar-refractivity contribution < 1.29 is 0 Å². The van der Waals surface area contributed by atoms with Crippen molar-refractivity contribution in [3.8, 4) is 0 Å². The summed E-state index contributed by atoms with van der Waals surface area (Å²) in [6.45, 7) is 7.55. The maximum atomic E-state index is 5.93. The van der Waals surface area contributed by atoms with Crippen LogP contribution >= 0.6 is 0 Å². The zero-order valence-corrected chi connectivity index (χ0v) is 10.9. The second-order valence-corrected chi connectivity index (χ2v) is 5.10. The van der Waals surface area contributed by atoms with Gasteiger partial charge in [-0.15, -0.1) is 0 Å². The number of anilines is 1. The number of piperazine rings is 1. The van der Waals surface area contributed by atoms with Crippen LogP contribution in [0.2, 0.25) is 0 Å². The summed E-state index contributed by atoms with van der Waals surface area (Å²) in [6, 6.07) is 4.98. The summed E-state index contributed by atoms with van der Waals surface area (Å²) < 4.78 is 0. The lowest BCUT2D eigenvalue weighted by atomic mass is 10.1. The van der Waals surface area contributed by atoms with Crippen LogP contribution in [0.25, 0.3) is 0 Å². The van der Waals surface area contributed by atoms with Gasteiger partial charge >= 0.3 is 0 Å². The molecule has 0 bridgehead atoms. The van der Waals surface area contributed by atoms with Gasteiger partial charge in [0.15, 0.2) is 0 Å². The lowest BCUT2D eigenvalue weighted by Crippen LogP contribution is -2.54. The highest BCUT2D eigenvalue weighted by Gasteiger charge is 2.26. The molecule has 0 radical (unpaired) electrons. The first-order valence-corrected chi connectivity index (χ1v) is 6.21.